The van der Waals surface area contributed by atoms with Crippen molar-refractivity contribution < 1.29 is 129 Å². The third kappa shape index (κ3) is 9.16. The summed E-state index contributed by atoms with van der Waals surface area (Å²) in [6.45, 7) is -4.51. The smallest absolute Gasteiger partial charge is 0.187 e. The molecule has 0 amide bonds. The summed E-state index contributed by atoms with van der Waals surface area (Å²) in [6, 6.07) is 0. The van der Waals surface area contributed by atoms with Crippen molar-refractivity contribution in [3.05, 3.63) is 0 Å². The molecule has 26 nitrogen and oxygen atoms in total. The van der Waals surface area contributed by atoms with Crippen molar-refractivity contribution in [2.75, 3.05) is 33.0 Å². The van der Waals surface area contributed by atoms with Crippen molar-refractivity contribution >= 4 is 0 Å². The van der Waals surface area contributed by atoms with Crippen molar-refractivity contribution in [3.8, 4) is 0 Å². The highest BCUT2D eigenvalue weighted by atomic mass is 16.8. The first-order valence-corrected chi connectivity index (χ1v) is 17.6. The zero-order chi connectivity index (χ0) is 41.3. The van der Waals surface area contributed by atoms with Gasteiger partial charge < -0.3 is 129 Å². The minimum absolute atomic E-state index is 0.811. The highest BCUT2D eigenvalue weighted by Gasteiger charge is 2.56. The van der Waals surface area contributed by atoms with Crippen LogP contribution in [-0.2, 0) is 42.6 Å². The minimum atomic E-state index is -2.12. The Morgan fingerprint density at radius 3 is 0.821 bits per heavy atom. The molecule has 328 valence electrons. The Hall–Kier alpha value is -1.04. The molecule has 0 aromatic rings. The van der Waals surface area contributed by atoms with E-state index in [1.54, 1.807) is 0 Å². The summed E-state index contributed by atoms with van der Waals surface area (Å²) < 4.78 is 49.1. The lowest BCUT2D eigenvalue weighted by Gasteiger charge is -2.49. The molecule has 5 saturated heterocycles. The van der Waals surface area contributed by atoms with Gasteiger partial charge in [-0.3, -0.25) is 0 Å². The van der Waals surface area contributed by atoms with E-state index in [1.807, 2.05) is 0 Å². The molecule has 5 fully saturated rings. The van der Waals surface area contributed by atoms with Gasteiger partial charge in [0.15, 0.2) is 31.5 Å². The first-order valence-electron chi connectivity index (χ1n) is 17.6. The fraction of sp³-hybridized carbons (Fsp3) is 1.00. The summed E-state index contributed by atoms with van der Waals surface area (Å²) in [5.41, 5.74) is 0. The Morgan fingerprint density at radius 1 is 0.268 bits per heavy atom. The average Bonchev–Trinajstić information content (AvgIpc) is 3.19. The molecule has 5 rings (SSSR count). The zero-order valence-corrected chi connectivity index (χ0v) is 29.2. The second-order valence-electron chi connectivity index (χ2n) is 13.9. The normalized spacial score (nSPS) is 53.2. The second kappa shape index (κ2) is 19.6. The van der Waals surface area contributed by atoms with E-state index in [2.05, 4.69) is 0 Å². The Labute approximate surface area is 316 Å². The van der Waals surface area contributed by atoms with Gasteiger partial charge in [0, 0.05) is 0 Å². The summed E-state index contributed by atoms with van der Waals surface area (Å²) in [5.74, 6) is 0. The molecule has 25 atom stereocenters. The monoisotopic (exact) mass is 828 g/mol. The van der Waals surface area contributed by atoms with Crippen molar-refractivity contribution in [3.63, 3.8) is 0 Å². The number of hydrogen-bond donors (Lipinski definition) is 17. The van der Waals surface area contributed by atoms with Gasteiger partial charge in [-0.15, -0.1) is 0 Å². The van der Waals surface area contributed by atoms with E-state index in [0.717, 1.165) is 0 Å². The van der Waals surface area contributed by atoms with Crippen molar-refractivity contribution in [2.45, 2.75) is 154 Å². The van der Waals surface area contributed by atoms with Crippen LogP contribution in [0.3, 0.4) is 0 Å². The molecule has 26 heteroatoms. The maximum absolute atomic E-state index is 11.1. The van der Waals surface area contributed by atoms with Crippen molar-refractivity contribution in [1.29, 1.82) is 0 Å². The average molecular weight is 829 g/mol. The summed E-state index contributed by atoms with van der Waals surface area (Å²) in [5, 5.41) is 176. The molecule has 0 saturated carbocycles. The van der Waals surface area contributed by atoms with Gasteiger partial charge in [0.2, 0.25) is 0 Å². The fourth-order valence-corrected chi connectivity index (χ4v) is 7.03. The highest BCUT2D eigenvalue weighted by molar-refractivity contribution is 4.99. The van der Waals surface area contributed by atoms with Crippen molar-refractivity contribution in [2.24, 2.45) is 0 Å². The topological polar surface area (TPSA) is 427 Å². The molecule has 0 aliphatic carbocycles. The summed E-state index contributed by atoms with van der Waals surface area (Å²) in [6.07, 6.45) is -45.8. The molecule has 5 aliphatic rings. The Morgan fingerprint density at radius 2 is 0.518 bits per heavy atom. The number of rotatable bonds is 13. The van der Waals surface area contributed by atoms with Gasteiger partial charge in [-0.2, -0.15) is 0 Å². The number of aliphatic hydroxyl groups is 17. The standard InChI is InChI=1S/C30H52O26/c31-1-6-11(36)12(37)18(43)27(49-6)54-23-8(3-33)51-29(20(45)14(23)39)56-25-10(5-35)52-30(21(46)16(25)41)55-24-9(4-34)50-28(19(44)15(24)40)53-22-7(2-32)48-26(47)17(42)13(22)38/h6-47H,1-5H2/t6-,7-,8-,9-,10-,11+,12+,13-,14-,15-,16-,17-,18-,19-,20-,21-,22+,23+,24+,25+,26?,27?,28?,29?,30?/m1/s1. The first kappa shape index (κ1) is 46.0. The second-order valence-corrected chi connectivity index (χ2v) is 13.9. The lowest BCUT2D eigenvalue weighted by Crippen LogP contribution is -2.68. The van der Waals surface area contributed by atoms with Crippen LogP contribution in [0, 0.1) is 0 Å². The van der Waals surface area contributed by atoms with Gasteiger partial charge in [0.25, 0.3) is 0 Å². The van der Waals surface area contributed by atoms with E-state index >= 15 is 0 Å². The predicted octanol–water partition coefficient (Wildman–Crippen LogP) is -11.9. The maximum Gasteiger partial charge on any atom is 0.187 e. The van der Waals surface area contributed by atoms with Gasteiger partial charge in [0.05, 0.1) is 33.0 Å². The van der Waals surface area contributed by atoms with Crippen LogP contribution in [0.4, 0.5) is 0 Å². The van der Waals surface area contributed by atoms with E-state index in [4.69, 9.17) is 42.6 Å². The summed E-state index contributed by atoms with van der Waals surface area (Å²) in [4.78, 5) is 0. The molecule has 0 aromatic heterocycles. The highest BCUT2D eigenvalue weighted by Crippen LogP contribution is 2.35. The van der Waals surface area contributed by atoms with E-state index in [9.17, 15) is 86.8 Å². The molecule has 5 aliphatic heterocycles. The van der Waals surface area contributed by atoms with Crippen LogP contribution in [0.2, 0.25) is 0 Å². The Kier molecular flexibility index (Phi) is 16.1. The summed E-state index contributed by atoms with van der Waals surface area (Å²) in [7, 11) is 0. The van der Waals surface area contributed by atoms with Crippen LogP contribution in [0.5, 0.6) is 0 Å². The first-order chi connectivity index (χ1) is 26.5. The van der Waals surface area contributed by atoms with Gasteiger partial charge in [-0.1, -0.05) is 0 Å². The van der Waals surface area contributed by atoms with Crippen LogP contribution in [0.15, 0.2) is 0 Å². The van der Waals surface area contributed by atoms with Crippen LogP contribution >= 0.6 is 0 Å². The number of aliphatic hydroxyl groups excluding tert-OH is 17. The van der Waals surface area contributed by atoms with E-state index in [1.165, 1.54) is 0 Å². The zero-order valence-electron chi connectivity index (χ0n) is 29.2. The predicted molar refractivity (Wildman–Crippen MR) is 167 cm³/mol. The molecular formula is C30H52O26. The van der Waals surface area contributed by atoms with E-state index < -0.39 is 187 Å². The lowest BCUT2D eigenvalue weighted by molar-refractivity contribution is -0.392. The van der Waals surface area contributed by atoms with Crippen molar-refractivity contribution in [1.82, 2.24) is 0 Å². The molecule has 56 heavy (non-hydrogen) atoms. The van der Waals surface area contributed by atoms with Gasteiger partial charge in [-0.05, 0) is 0 Å². The molecule has 17 N–H and O–H groups in total. The van der Waals surface area contributed by atoms with Gasteiger partial charge in [0.1, 0.15) is 122 Å². The third-order valence-electron chi connectivity index (χ3n) is 10.3. The molecular weight excluding hydrogens is 776 g/mol. The number of hydrogen-bond acceptors (Lipinski definition) is 26. The third-order valence-corrected chi connectivity index (χ3v) is 10.3. The maximum atomic E-state index is 11.1. The minimum Gasteiger partial charge on any atom is -0.394 e. The van der Waals surface area contributed by atoms with E-state index in [0.29, 0.717) is 0 Å². The summed E-state index contributed by atoms with van der Waals surface area (Å²) >= 11 is 0. The van der Waals surface area contributed by atoms with Gasteiger partial charge in [-0.25, -0.2) is 0 Å². The van der Waals surface area contributed by atoms with E-state index in [-0.39, 0.29) is 0 Å². The molecule has 0 spiro atoms. The van der Waals surface area contributed by atoms with Crippen LogP contribution < -0.4 is 0 Å². The molecule has 0 radical (unpaired) electrons. The molecule has 0 bridgehead atoms. The van der Waals surface area contributed by atoms with Gasteiger partial charge >= 0.3 is 0 Å². The Balaban J connectivity index is 1.22. The largest absolute Gasteiger partial charge is 0.394 e. The lowest BCUT2D eigenvalue weighted by atomic mass is 9.95. The molecule has 5 heterocycles. The van der Waals surface area contributed by atoms with Crippen LogP contribution in [0.25, 0.3) is 0 Å². The molecule has 5 unspecified atom stereocenters. The fourth-order valence-electron chi connectivity index (χ4n) is 7.03. The number of ether oxygens (including phenoxy) is 9. The Bertz CT molecular complexity index is 1200. The SMILES string of the molecule is OC[C@H]1OC(O[C@@H]2[C@H](O)[C@@H](O)C(O[C@@H]3[C@H](O)[C@@H](O)C(O[C@@H]4[C@H](O)[C@@H](O)C(O[C@@H]5[C@H](O)[C@@H](O)C(O)O[C@@H]5CO)O[C@@H]4CO)O[C@@H]3CO)O[C@@H]2CO)[C@H](O)[C@@H](O)[C@H]1O. The quantitative estimate of drug-likeness (QED) is 0.0819. The van der Waals surface area contributed by atoms with Crippen LogP contribution in [-0.4, -0.2) is 273 Å². The molecule has 0 aromatic carbocycles. The van der Waals surface area contributed by atoms with Crippen LogP contribution in [0.1, 0.15) is 0 Å².